The SMILES string of the molecule is CC/C=C\C/C=C\C/C=C\C/C=C\C/C=C\C/C=C\C/C=C\C/C=C\CCCCCCCCCCCCC(=O)OC(COC(=O)CCCCCCCCCCCCCCCCCCCCC/C=C\C/C=C\CCCCCCC)COC(OCC[N+](C)(C)C)C(=O)O. The minimum atomic E-state index is -1.52. The van der Waals surface area contributed by atoms with E-state index >= 15 is 0 Å². The van der Waals surface area contributed by atoms with Crippen LogP contribution in [0.4, 0.5) is 0 Å². The summed E-state index contributed by atoms with van der Waals surface area (Å²) in [6, 6.07) is 0. The Balaban J connectivity index is 4.11. The molecule has 0 rings (SSSR count). The van der Waals surface area contributed by atoms with Crippen molar-refractivity contribution in [2.75, 3.05) is 47.5 Å². The molecule has 2 atom stereocenters. The average Bonchev–Trinajstić information content (AvgIpc) is 3.46. The zero-order valence-electron chi connectivity index (χ0n) is 59.7. The smallest absolute Gasteiger partial charge is 0.361 e. The summed E-state index contributed by atoms with van der Waals surface area (Å²) in [6.07, 6.45) is 98.9. The molecule has 9 nitrogen and oxygen atoms in total. The maximum atomic E-state index is 13.0. The van der Waals surface area contributed by atoms with E-state index in [9.17, 15) is 19.5 Å². The van der Waals surface area contributed by atoms with Crippen molar-refractivity contribution in [2.45, 2.75) is 334 Å². The van der Waals surface area contributed by atoms with Crippen molar-refractivity contribution in [2.24, 2.45) is 0 Å². The van der Waals surface area contributed by atoms with Crippen molar-refractivity contribution in [3.8, 4) is 0 Å². The number of hydrogen-bond donors (Lipinski definition) is 1. The third kappa shape index (κ3) is 73.0. The second kappa shape index (κ2) is 71.5. The van der Waals surface area contributed by atoms with Crippen LogP contribution in [0.5, 0.6) is 0 Å². The van der Waals surface area contributed by atoms with Gasteiger partial charge in [-0.05, 0) is 109 Å². The Bertz CT molecular complexity index is 1910. The van der Waals surface area contributed by atoms with Gasteiger partial charge in [0.25, 0.3) is 6.29 Å². The molecule has 0 aromatic carbocycles. The molecule has 0 aromatic rings. The van der Waals surface area contributed by atoms with Crippen LogP contribution in [-0.2, 0) is 33.3 Å². The van der Waals surface area contributed by atoms with Crippen molar-refractivity contribution >= 4 is 17.9 Å². The Morgan fingerprint density at radius 2 is 0.626 bits per heavy atom. The van der Waals surface area contributed by atoms with Crippen LogP contribution in [-0.4, -0.2) is 87.4 Å². The van der Waals surface area contributed by atoms with E-state index in [2.05, 4.69) is 135 Å². The minimum absolute atomic E-state index is 0.183. The molecule has 522 valence electrons. The molecule has 0 amide bonds. The number of nitrogens with zero attached hydrogens (tertiary/aromatic N) is 1. The van der Waals surface area contributed by atoms with Crippen molar-refractivity contribution in [1.82, 2.24) is 0 Å². The average molecular weight is 1270 g/mol. The highest BCUT2D eigenvalue weighted by Crippen LogP contribution is 2.18. The van der Waals surface area contributed by atoms with Crippen LogP contribution >= 0.6 is 0 Å². The monoisotopic (exact) mass is 1270 g/mol. The molecule has 0 spiro atoms. The van der Waals surface area contributed by atoms with Crippen LogP contribution in [0, 0.1) is 0 Å². The lowest BCUT2D eigenvalue weighted by Gasteiger charge is -2.25. The van der Waals surface area contributed by atoms with E-state index in [1.165, 1.54) is 186 Å². The van der Waals surface area contributed by atoms with Crippen molar-refractivity contribution in [3.05, 3.63) is 122 Å². The summed E-state index contributed by atoms with van der Waals surface area (Å²) in [7, 11) is 5.98. The number of carboxylic acids is 1. The Morgan fingerprint density at radius 1 is 0.341 bits per heavy atom. The van der Waals surface area contributed by atoms with E-state index in [-0.39, 0.29) is 32.2 Å². The molecule has 0 bridgehead atoms. The van der Waals surface area contributed by atoms with Crippen LogP contribution in [0.1, 0.15) is 322 Å². The summed E-state index contributed by atoms with van der Waals surface area (Å²) in [5.41, 5.74) is 0. The first-order chi connectivity index (χ1) is 44.6. The quantitative estimate of drug-likeness (QED) is 0.0211. The highest BCUT2D eigenvalue weighted by atomic mass is 16.7. The van der Waals surface area contributed by atoms with Crippen LogP contribution in [0.3, 0.4) is 0 Å². The first kappa shape index (κ1) is 86.7. The fraction of sp³-hybridized carbons (Fsp3) is 0.720. The Labute approximate surface area is 561 Å². The van der Waals surface area contributed by atoms with Gasteiger partial charge >= 0.3 is 17.9 Å². The van der Waals surface area contributed by atoms with E-state index in [1.807, 2.05) is 21.1 Å². The van der Waals surface area contributed by atoms with Crippen molar-refractivity contribution in [1.29, 1.82) is 0 Å². The highest BCUT2D eigenvalue weighted by Gasteiger charge is 2.25. The summed E-state index contributed by atoms with van der Waals surface area (Å²) >= 11 is 0. The van der Waals surface area contributed by atoms with Gasteiger partial charge in [-0.25, -0.2) is 4.79 Å². The number of quaternary nitrogens is 1. The predicted molar refractivity (Wildman–Crippen MR) is 391 cm³/mol. The van der Waals surface area contributed by atoms with Gasteiger partial charge in [-0.3, -0.25) is 9.59 Å². The molecule has 0 aromatic heterocycles. The molecule has 2 unspecified atom stereocenters. The number of carboxylic acid groups (broad SMARTS) is 1. The Hall–Kier alpha value is -4.31. The van der Waals surface area contributed by atoms with E-state index < -0.39 is 24.3 Å². The van der Waals surface area contributed by atoms with Gasteiger partial charge in [-0.15, -0.1) is 0 Å². The normalized spacial score (nSPS) is 13.4. The summed E-state index contributed by atoms with van der Waals surface area (Å²) < 4.78 is 23.0. The van der Waals surface area contributed by atoms with Crippen LogP contribution in [0.25, 0.3) is 0 Å². The first-order valence-corrected chi connectivity index (χ1v) is 37.7. The number of likely N-dealkylation sites (N-methyl/N-ethyl adjacent to an activating group) is 1. The van der Waals surface area contributed by atoms with E-state index in [1.54, 1.807) is 0 Å². The zero-order valence-corrected chi connectivity index (χ0v) is 59.7. The van der Waals surface area contributed by atoms with Crippen LogP contribution in [0.2, 0.25) is 0 Å². The van der Waals surface area contributed by atoms with Gasteiger partial charge in [0, 0.05) is 12.8 Å². The van der Waals surface area contributed by atoms with Crippen molar-refractivity contribution in [3.63, 3.8) is 0 Å². The number of hydrogen-bond acceptors (Lipinski definition) is 7. The lowest BCUT2D eigenvalue weighted by atomic mass is 10.0. The third-order valence-electron chi connectivity index (χ3n) is 16.2. The topological polar surface area (TPSA) is 108 Å². The molecule has 9 heteroatoms. The van der Waals surface area contributed by atoms with Gasteiger partial charge in [0.15, 0.2) is 6.10 Å². The fourth-order valence-electron chi connectivity index (χ4n) is 10.5. The Morgan fingerprint density at radius 3 is 0.934 bits per heavy atom. The minimum Gasteiger partial charge on any atom is -0.477 e. The number of rotatable bonds is 69. The van der Waals surface area contributed by atoms with E-state index in [4.69, 9.17) is 18.9 Å². The van der Waals surface area contributed by atoms with Crippen molar-refractivity contribution < 1.29 is 42.9 Å². The number of ether oxygens (including phenoxy) is 4. The summed E-state index contributed by atoms with van der Waals surface area (Å²) in [6.45, 7) is 4.77. The predicted octanol–water partition coefficient (Wildman–Crippen LogP) is 23.9. The molecule has 0 saturated carbocycles. The number of carbonyl (C=O) groups is 3. The summed E-state index contributed by atoms with van der Waals surface area (Å²) in [4.78, 5) is 37.7. The van der Waals surface area contributed by atoms with Gasteiger partial charge in [0.05, 0.1) is 34.4 Å². The maximum Gasteiger partial charge on any atom is 0.361 e. The molecule has 0 fully saturated rings. The number of allylic oxidation sites excluding steroid dienone is 20. The maximum absolute atomic E-state index is 13.0. The molecule has 0 aliphatic rings. The number of esters is 2. The largest absolute Gasteiger partial charge is 0.477 e. The van der Waals surface area contributed by atoms with Gasteiger partial charge < -0.3 is 28.5 Å². The molecule has 0 saturated heterocycles. The first-order valence-electron chi connectivity index (χ1n) is 37.7. The lowest BCUT2D eigenvalue weighted by molar-refractivity contribution is -0.870. The molecule has 1 N–H and O–H groups in total. The summed E-state index contributed by atoms with van der Waals surface area (Å²) in [5, 5.41) is 9.76. The third-order valence-corrected chi connectivity index (χ3v) is 16.2. The number of unbranched alkanes of at least 4 members (excludes halogenated alkanes) is 34. The van der Waals surface area contributed by atoms with Crippen LogP contribution in [0.15, 0.2) is 122 Å². The van der Waals surface area contributed by atoms with Gasteiger partial charge in [0.1, 0.15) is 13.2 Å². The molecular formula is C82H142NO8+. The molecule has 0 aliphatic heterocycles. The van der Waals surface area contributed by atoms with Gasteiger partial charge in [0.2, 0.25) is 0 Å². The van der Waals surface area contributed by atoms with E-state index in [0.29, 0.717) is 23.9 Å². The Kier molecular flexibility index (Phi) is 68.1. The number of carbonyl (C=O) groups excluding carboxylic acids is 2. The number of aliphatic carboxylic acids is 1. The van der Waals surface area contributed by atoms with Crippen LogP contribution < -0.4 is 0 Å². The summed E-state index contributed by atoms with van der Waals surface area (Å²) in [5.74, 6) is -2.00. The van der Waals surface area contributed by atoms with Gasteiger partial charge in [-0.2, -0.15) is 0 Å². The molecular weight excluding hydrogens is 1130 g/mol. The van der Waals surface area contributed by atoms with Gasteiger partial charge in [-0.1, -0.05) is 322 Å². The second-order valence-corrected chi connectivity index (χ2v) is 26.2. The molecule has 0 aliphatic carbocycles. The molecule has 0 heterocycles. The highest BCUT2D eigenvalue weighted by molar-refractivity contribution is 5.71. The molecule has 0 radical (unpaired) electrons. The standard InChI is InChI=1S/C82H141NO8/c1-6-8-10-12-14-16-18-20-22-24-26-28-30-32-34-36-38-39-40-41-43-45-47-49-51-53-55-57-59-61-63-65-67-69-71-73-80(85)91-78(77-90-82(81(86)87)88-75-74-83(3,4)5)76-89-79(84)72-70-68-66-64-62-60-58-56-54-52-50-48-46-44-42-37-35-33-31-29-27-25-23-21-19-17-15-13-11-9-7-2/h8,10,14,16,19-22,25-28,32,34,38-39,41,43,47,49,78,82H,6-7,9,11-13,15,17-18,23-24,29-31,33,35-37,40,42,44-46,48,50-77H2,1-5H3/p+1/b10-8-,16-14-,21-19-,22-20-,27-25-,28-26-,34-32-,39-38-,43-41-,49-47-. The zero-order chi connectivity index (χ0) is 66.1. The molecule has 91 heavy (non-hydrogen) atoms. The second-order valence-electron chi connectivity index (χ2n) is 26.2. The lowest BCUT2D eigenvalue weighted by Crippen LogP contribution is -2.40. The van der Waals surface area contributed by atoms with E-state index in [0.717, 1.165) is 103 Å². The fourth-order valence-corrected chi connectivity index (χ4v) is 10.5.